The summed E-state index contributed by atoms with van der Waals surface area (Å²) in [7, 11) is 1.60. The standard InChI is InChI=1S/C11H15NO3/c1-3-6-12(7-9-14-2)11(13)10-5-4-8-15-10/h3-5,8H,1,6-7,9H2,2H3. The van der Waals surface area contributed by atoms with E-state index in [0.29, 0.717) is 25.5 Å². The zero-order valence-electron chi connectivity index (χ0n) is 8.81. The molecule has 1 aromatic rings. The maximum Gasteiger partial charge on any atom is 0.289 e. The molecule has 0 saturated heterocycles. The Kier molecular flexibility index (Phi) is 4.63. The molecule has 0 aliphatic rings. The molecule has 0 atom stereocenters. The molecule has 0 radical (unpaired) electrons. The molecule has 4 heteroatoms. The first-order valence-electron chi connectivity index (χ1n) is 4.72. The summed E-state index contributed by atoms with van der Waals surface area (Å²) >= 11 is 0. The van der Waals surface area contributed by atoms with Crippen LogP contribution in [0.5, 0.6) is 0 Å². The summed E-state index contributed by atoms with van der Waals surface area (Å²) in [5.41, 5.74) is 0. The van der Waals surface area contributed by atoms with E-state index in [-0.39, 0.29) is 5.91 Å². The molecule has 0 bridgehead atoms. The van der Waals surface area contributed by atoms with Gasteiger partial charge in [-0.2, -0.15) is 0 Å². The van der Waals surface area contributed by atoms with E-state index in [2.05, 4.69) is 6.58 Å². The normalized spacial score (nSPS) is 9.93. The molecule has 82 valence electrons. The first-order valence-corrected chi connectivity index (χ1v) is 4.72. The van der Waals surface area contributed by atoms with Crippen LogP contribution in [-0.2, 0) is 4.74 Å². The Morgan fingerprint density at radius 2 is 2.53 bits per heavy atom. The first-order chi connectivity index (χ1) is 7.29. The van der Waals surface area contributed by atoms with Gasteiger partial charge in [-0.3, -0.25) is 4.79 Å². The highest BCUT2D eigenvalue weighted by molar-refractivity contribution is 5.91. The van der Waals surface area contributed by atoms with Crippen molar-refractivity contribution in [3.8, 4) is 0 Å². The number of furan rings is 1. The number of methoxy groups -OCH3 is 1. The third-order valence-electron chi connectivity index (χ3n) is 1.93. The van der Waals surface area contributed by atoms with Crippen LogP contribution < -0.4 is 0 Å². The molecule has 0 N–H and O–H groups in total. The SMILES string of the molecule is C=CCN(CCOC)C(=O)c1ccco1. The van der Waals surface area contributed by atoms with E-state index in [1.54, 1.807) is 30.2 Å². The van der Waals surface area contributed by atoms with Gasteiger partial charge in [0.1, 0.15) is 0 Å². The number of nitrogens with zero attached hydrogens (tertiary/aromatic N) is 1. The number of hydrogen-bond donors (Lipinski definition) is 0. The van der Waals surface area contributed by atoms with Crippen molar-refractivity contribution in [1.29, 1.82) is 0 Å². The van der Waals surface area contributed by atoms with Gasteiger partial charge in [-0.15, -0.1) is 6.58 Å². The zero-order valence-corrected chi connectivity index (χ0v) is 8.81. The molecule has 1 amide bonds. The number of carbonyl (C=O) groups is 1. The largest absolute Gasteiger partial charge is 0.459 e. The number of ether oxygens (including phenoxy) is 1. The van der Waals surface area contributed by atoms with Gasteiger partial charge in [0.2, 0.25) is 0 Å². The quantitative estimate of drug-likeness (QED) is 0.668. The van der Waals surface area contributed by atoms with E-state index in [4.69, 9.17) is 9.15 Å². The third-order valence-corrected chi connectivity index (χ3v) is 1.93. The van der Waals surface area contributed by atoms with E-state index >= 15 is 0 Å². The summed E-state index contributed by atoms with van der Waals surface area (Å²) in [5, 5.41) is 0. The van der Waals surface area contributed by atoms with Crippen molar-refractivity contribution in [2.45, 2.75) is 0 Å². The van der Waals surface area contributed by atoms with Gasteiger partial charge in [-0.25, -0.2) is 0 Å². The highest BCUT2D eigenvalue weighted by atomic mass is 16.5. The van der Waals surface area contributed by atoms with Crippen molar-refractivity contribution >= 4 is 5.91 Å². The smallest absolute Gasteiger partial charge is 0.289 e. The lowest BCUT2D eigenvalue weighted by atomic mass is 10.3. The fourth-order valence-electron chi connectivity index (χ4n) is 1.19. The molecule has 0 saturated carbocycles. The lowest BCUT2D eigenvalue weighted by molar-refractivity contribution is 0.0687. The number of carbonyl (C=O) groups excluding carboxylic acids is 1. The van der Waals surface area contributed by atoms with Crippen LogP contribution in [0.15, 0.2) is 35.5 Å². The summed E-state index contributed by atoms with van der Waals surface area (Å²) in [4.78, 5) is 13.5. The van der Waals surface area contributed by atoms with Crippen molar-refractivity contribution in [3.05, 3.63) is 36.8 Å². The van der Waals surface area contributed by atoms with E-state index < -0.39 is 0 Å². The molecule has 0 aliphatic heterocycles. The van der Waals surface area contributed by atoms with Gasteiger partial charge in [0.25, 0.3) is 5.91 Å². The Labute approximate surface area is 89.1 Å². The summed E-state index contributed by atoms with van der Waals surface area (Å²) in [6.45, 7) is 5.13. The van der Waals surface area contributed by atoms with Crippen LogP contribution >= 0.6 is 0 Å². The topological polar surface area (TPSA) is 42.7 Å². The predicted molar refractivity (Wildman–Crippen MR) is 56.7 cm³/mol. The first kappa shape index (κ1) is 11.5. The number of amides is 1. The fraction of sp³-hybridized carbons (Fsp3) is 0.364. The molecule has 0 spiro atoms. The van der Waals surface area contributed by atoms with E-state index in [9.17, 15) is 4.79 Å². The lowest BCUT2D eigenvalue weighted by Gasteiger charge is -2.19. The van der Waals surface area contributed by atoms with Gasteiger partial charge in [0, 0.05) is 20.2 Å². The fourth-order valence-corrected chi connectivity index (χ4v) is 1.19. The third kappa shape index (κ3) is 3.25. The van der Waals surface area contributed by atoms with Gasteiger partial charge >= 0.3 is 0 Å². The molecule has 1 rings (SSSR count). The molecular weight excluding hydrogens is 194 g/mol. The summed E-state index contributed by atoms with van der Waals surface area (Å²) in [5.74, 6) is 0.199. The van der Waals surface area contributed by atoms with E-state index in [1.165, 1.54) is 6.26 Å². The van der Waals surface area contributed by atoms with Gasteiger partial charge in [0.05, 0.1) is 12.9 Å². The Morgan fingerprint density at radius 3 is 3.07 bits per heavy atom. The molecular formula is C11H15NO3. The predicted octanol–water partition coefficient (Wildman–Crippen LogP) is 1.55. The van der Waals surface area contributed by atoms with Crippen molar-refractivity contribution in [2.24, 2.45) is 0 Å². The Hall–Kier alpha value is -1.55. The van der Waals surface area contributed by atoms with Crippen molar-refractivity contribution in [1.82, 2.24) is 4.90 Å². The molecule has 1 heterocycles. The second-order valence-corrected chi connectivity index (χ2v) is 3.01. The van der Waals surface area contributed by atoms with Gasteiger partial charge in [0.15, 0.2) is 5.76 Å². The Morgan fingerprint density at radius 1 is 1.73 bits per heavy atom. The number of rotatable bonds is 6. The van der Waals surface area contributed by atoms with Crippen LogP contribution in [0.4, 0.5) is 0 Å². The molecule has 0 aromatic carbocycles. The van der Waals surface area contributed by atoms with Crippen molar-refractivity contribution < 1.29 is 13.9 Å². The minimum Gasteiger partial charge on any atom is -0.459 e. The van der Waals surface area contributed by atoms with E-state index in [1.807, 2.05) is 0 Å². The monoisotopic (exact) mass is 209 g/mol. The van der Waals surface area contributed by atoms with Crippen LogP contribution in [-0.4, -0.2) is 37.6 Å². The second kappa shape index (κ2) is 6.03. The maximum absolute atomic E-state index is 11.8. The molecule has 4 nitrogen and oxygen atoms in total. The second-order valence-electron chi connectivity index (χ2n) is 3.01. The lowest BCUT2D eigenvalue weighted by Crippen LogP contribution is -2.33. The molecule has 0 fully saturated rings. The van der Waals surface area contributed by atoms with Crippen LogP contribution in [0, 0.1) is 0 Å². The molecule has 1 aromatic heterocycles. The summed E-state index contributed by atoms with van der Waals surface area (Å²) in [6.07, 6.45) is 3.16. The molecule has 0 aliphatic carbocycles. The minimum atomic E-state index is -0.142. The van der Waals surface area contributed by atoms with Gasteiger partial charge in [-0.05, 0) is 12.1 Å². The van der Waals surface area contributed by atoms with Gasteiger partial charge in [-0.1, -0.05) is 6.08 Å². The highest BCUT2D eigenvalue weighted by Gasteiger charge is 2.16. The molecule has 15 heavy (non-hydrogen) atoms. The summed E-state index contributed by atoms with van der Waals surface area (Å²) < 4.78 is 9.96. The van der Waals surface area contributed by atoms with Crippen molar-refractivity contribution in [2.75, 3.05) is 26.8 Å². The van der Waals surface area contributed by atoms with Crippen LogP contribution in [0.1, 0.15) is 10.6 Å². The maximum atomic E-state index is 11.8. The Balaban J connectivity index is 2.62. The van der Waals surface area contributed by atoms with Crippen LogP contribution in [0.3, 0.4) is 0 Å². The summed E-state index contributed by atoms with van der Waals surface area (Å²) in [6, 6.07) is 3.33. The zero-order chi connectivity index (χ0) is 11.1. The van der Waals surface area contributed by atoms with Gasteiger partial charge < -0.3 is 14.1 Å². The van der Waals surface area contributed by atoms with Crippen molar-refractivity contribution in [3.63, 3.8) is 0 Å². The minimum absolute atomic E-state index is 0.142. The Bertz CT molecular complexity index is 306. The highest BCUT2D eigenvalue weighted by Crippen LogP contribution is 2.05. The van der Waals surface area contributed by atoms with Crippen LogP contribution in [0.25, 0.3) is 0 Å². The number of hydrogen-bond acceptors (Lipinski definition) is 3. The van der Waals surface area contributed by atoms with E-state index in [0.717, 1.165) is 0 Å². The average Bonchev–Trinajstić information content (AvgIpc) is 2.76. The van der Waals surface area contributed by atoms with Crippen LogP contribution in [0.2, 0.25) is 0 Å². The average molecular weight is 209 g/mol. The molecule has 0 unspecified atom stereocenters.